The molecule has 2 aromatic carbocycles. The number of likely N-dealkylation sites (tertiary alicyclic amines) is 1. The van der Waals surface area contributed by atoms with Crippen molar-refractivity contribution < 1.29 is 4.79 Å². The van der Waals surface area contributed by atoms with Gasteiger partial charge in [0, 0.05) is 22.9 Å². The van der Waals surface area contributed by atoms with E-state index in [4.69, 9.17) is 0 Å². The smallest absolute Gasteiger partial charge is 0.223 e. The monoisotopic (exact) mass is 397 g/mol. The molecule has 25 heavy (non-hydrogen) atoms. The summed E-state index contributed by atoms with van der Waals surface area (Å²) in [6.45, 7) is 6.82. The van der Waals surface area contributed by atoms with E-state index in [-0.39, 0.29) is 17.4 Å². The summed E-state index contributed by atoms with van der Waals surface area (Å²) < 4.78 is 1.06. The van der Waals surface area contributed by atoms with E-state index >= 15 is 0 Å². The predicted octanol–water partition coefficient (Wildman–Crippen LogP) is 5.65. The lowest BCUT2D eigenvalue weighted by molar-refractivity contribution is -0.138. The van der Waals surface area contributed by atoms with Gasteiger partial charge < -0.3 is 4.90 Å². The van der Waals surface area contributed by atoms with Gasteiger partial charge in [-0.15, -0.1) is 6.58 Å². The SMILES string of the molecule is C=CC[C@]1(c2ccccc2)CCN([C@H](C)c2ccc(Br)cc2)C(=O)C1. The third kappa shape index (κ3) is 3.72. The van der Waals surface area contributed by atoms with Crippen molar-refractivity contribution in [2.75, 3.05) is 6.54 Å². The van der Waals surface area contributed by atoms with Crippen molar-refractivity contribution in [3.05, 3.63) is 82.9 Å². The molecule has 0 saturated carbocycles. The highest BCUT2D eigenvalue weighted by Gasteiger charge is 2.40. The second-order valence-corrected chi connectivity index (χ2v) is 7.80. The summed E-state index contributed by atoms with van der Waals surface area (Å²) in [7, 11) is 0. The van der Waals surface area contributed by atoms with Gasteiger partial charge in [0.2, 0.25) is 5.91 Å². The summed E-state index contributed by atoms with van der Waals surface area (Å²) in [5.41, 5.74) is 2.31. The molecule has 3 heteroatoms. The second kappa shape index (κ2) is 7.57. The molecule has 0 spiro atoms. The summed E-state index contributed by atoms with van der Waals surface area (Å²) in [5.74, 6) is 0.229. The number of carbonyl (C=O) groups excluding carboxylic acids is 1. The predicted molar refractivity (Wildman–Crippen MR) is 106 cm³/mol. The molecule has 1 aliphatic heterocycles. The Labute approximate surface area is 158 Å². The van der Waals surface area contributed by atoms with Crippen molar-refractivity contribution in [2.24, 2.45) is 0 Å². The Morgan fingerprint density at radius 2 is 1.88 bits per heavy atom. The molecule has 0 unspecified atom stereocenters. The number of benzene rings is 2. The molecule has 1 fully saturated rings. The molecule has 130 valence electrons. The average Bonchev–Trinajstić information content (AvgIpc) is 2.63. The van der Waals surface area contributed by atoms with Gasteiger partial charge in [-0.25, -0.2) is 0 Å². The lowest BCUT2D eigenvalue weighted by atomic mass is 9.70. The molecule has 1 aliphatic rings. The van der Waals surface area contributed by atoms with Gasteiger partial charge in [-0.3, -0.25) is 4.79 Å². The van der Waals surface area contributed by atoms with Crippen LogP contribution in [0.3, 0.4) is 0 Å². The largest absolute Gasteiger partial charge is 0.336 e. The molecule has 2 aromatic rings. The maximum atomic E-state index is 13.0. The van der Waals surface area contributed by atoms with Crippen LogP contribution in [0.4, 0.5) is 0 Å². The van der Waals surface area contributed by atoms with Crippen LogP contribution in [0, 0.1) is 0 Å². The minimum Gasteiger partial charge on any atom is -0.336 e. The van der Waals surface area contributed by atoms with E-state index in [1.807, 2.05) is 29.2 Å². The van der Waals surface area contributed by atoms with Crippen LogP contribution in [0.2, 0.25) is 0 Å². The topological polar surface area (TPSA) is 20.3 Å². The zero-order chi connectivity index (χ0) is 17.9. The second-order valence-electron chi connectivity index (χ2n) is 6.88. The number of allylic oxidation sites excluding steroid dienone is 1. The lowest BCUT2D eigenvalue weighted by Crippen LogP contribution is -2.47. The van der Waals surface area contributed by atoms with Crippen LogP contribution < -0.4 is 0 Å². The first-order valence-electron chi connectivity index (χ1n) is 8.77. The number of piperidine rings is 1. The third-order valence-corrected chi connectivity index (χ3v) is 5.91. The highest BCUT2D eigenvalue weighted by molar-refractivity contribution is 9.10. The quantitative estimate of drug-likeness (QED) is 0.597. The first-order chi connectivity index (χ1) is 12.1. The molecule has 0 N–H and O–H groups in total. The zero-order valence-corrected chi connectivity index (χ0v) is 16.2. The van der Waals surface area contributed by atoms with Gasteiger partial charge in [0.25, 0.3) is 0 Å². The molecular formula is C22H24BrNO. The van der Waals surface area contributed by atoms with E-state index in [0.717, 1.165) is 23.9 Å². The van der Waals surface area contributed by atoms with E-state index in [2.05, 4.69) is 65.8 Å². The van der Waals surface area contributed by atoms with Gasteiger partial charge in [-0.1, -0.05) is 64.5 Å². The summed E-state index contributed by atoms with van der Waals surface area (Å²) in [6.07, 6.45) is 4.30. The number of hydrogen-bond donors (Lipinski definition) is 0. The fraction of sp³-hybridized carbons (Fsp3) is 0.318. The molecule has 1 amide bonds. The zero-order valence-electron chi connectivity index (χ0n) is 14.6. The molecule has 1 heterocycles. The standard InChI is InChI=1S/C22H24BrNO/c1-3-13-22(19-7-5-4-6-8-19)14-15-24(21(25)16-22)17(2)18-9-11-20(23)12-10-18/h3-12,17H,1,13-16H2,2H3/t17-,22+/m1/s1. The van der Waals surface area contributed by atoms with Crippen LogP contribution in [0.15, 0.2) is 71.7 Å². The fourth-order valence-corrected chi connectivity index (χ4v) is 4.14. The maximum Gasteiger partial charge on any atom is 0.223 e. The van der Waals surface area contributed by atoms with E-state index < -0.39 is 0 Å². The number of carbonyl (C=O) groups is 1. The summed E-state index contributed by atoms with van der Waals surface area (Å²) in [6, 6.07) is 18.8. The van der Waals surface area contributed by atoms with Crippen molar-refractivity contribution in [3.63, 3.8) is 0 Å². The third-order valence-electron chi connectivity index (χ3n) is 5.38. The Morgan fingerprint density at radius 1 is 1.20 bits per heavy atom. The number of hydrogen-bond acceptors (Lipinski definition) is 1. The van der Waals surface area contributed by atoms with Crippen molar-refractivity contribution >= 4 is 21.8 Å². The minimum absolute atomic E-state index is 0.0955. The molecule has 2 atom stereocenters. The Bertz CT molecular complexity index is 740. The van der Waals surface area contributed by atoms with Gasteiger partial charge in [0.15, 0.2) is 0 Å². The maximum absolute atomic E-state index is 13.0. The first kappa shape index (κ1) is 17.9. The number of nitrogens with zero attached hydrogens (tertiary/aromatic N) is 1. The Kier molecular flexibility index (Phi) is 5.43. The molecule has 0 radical (unpaired) electrons. The van der Waals surface area contributed by atoms with Gasteiger partial charge in [0.05, 0.1) is 6.04 Å². The van der Waals surface area contributed by atoms with Crippen LogP contribution in [0.25, 0.3) is 0 Å². The highest BCUT2D eigenvalue weighted by Crippen LogP contribution is 2.41. The minimum atomic E-state index is -0.115. The molecule has 2 nitrogen and oxygen atoms in total. The lowest BCUT2D eigenvalue weighted by Gasteiger charge is -2.43. The van der Waals surface area contributed by atoms with Crippen molar-refractivity contribution in [2.45, 2.75) is 37.6 Å². The first-order valence-corrected chi connectivity index (χ1v) is 9.56. The van der Waals surface area contributed by atoms with Crippen molar-refractivity contribution in [3.8, 4) is 0 Å². The molecule has 0 aromatic heterocycles. The average molecular weight is 398 g/mol. The van der Waals surface area contributed by atoms with E-state index in [1.54, 1.807) is 0 Å². The Hall–Kier alpha value is -1.87. The number of rotatable bonds is 5. The van der Waals surface area contributed by atoms with Crippen LogP contribution in [0.1, 0.15) is 43.4 Å². The Balaban J connectivity index is 1.82. The number of amides is 1. The van der Waals surface area contributed by atoms with E-state index in [9.17, 15) is 4.79 Å². The van der Waals surface area contributed by atoms with Crippen molar-refractivity contribution in [1.29, 1.82) is 0 Å². The molecular weight excluding hydrogens is 374 g/mol. The normalized spacial score (nSPS) is 21.8. The van der Waals surface area contributed by atoms with Crippen LogP contribution in [-0.2, 0) is 10.2 Å². The summed E-state index contributed by atoms with van der Waals surface area (Å²) >= 11 is 3.47. The van der Waals surface area contributed by atoms with Crippen LogP contribution in [-0.4, -0.2) is 17.4 Å². The van der Waals surface area contributed by atoms with Crippen molar-refractivity contribution in [1.82, 2.24) is 4.90 Å². The summed E-state index contributed by atoms with van der Waals surface area (Å²) in [5, 5.41) is 0. The van der Waals surface area contributed by atoms with Gasteiger partial charge >= 0.3 is 0 Å². The molecule has 0 bridgehead atoms. The molecule has 3 rings (SSSR count). The van der Waals surface area contributed by atoms with Crippen LogP contribution >= 0.6 is 15.9 Å². The van der Waals surface area contributed by atoms with Gasteiger partial charge in [-0.05, 0) is 43.0 Å². The Morgan fingerprint density at radius 3 is 2.48 bits per heavy atom. The summed E-state index contributed by atoms with van der Waals surface area (Å²) in [4.78, 5) is 15.0. The fourth-order valence-electron chi connectivity index (χ4n) is 3.88. The molecule has 0 aliphatic carbocycles. The highest BCUT2D eigenvalue weighted by atomic mass is 79.9. The van der Waals surface area contributed by atoms with E-state index in [1.165, 1.54) is 11.1 Å². The van der Waals surface area contributed by atoms with Gasteiger partial charge in [0.1, 0.15) is 0 Å². The van der Waals surface area contributed by atoms with E-state index in [0.29, 0.717) is 6.42 Å². The number of halogens is 1. The van der Waals surface area contributed by atoms with Gasteiger partial charge in [-0.2, -0.15) is 0 Å². The molecule has 1 saturated heterocycles. The van der Waals surface area contributed by atoms with Crippen LogP contribution in [0.5, 0.6) is 0 Å².